The molecule has 0 bridgehead atoms. The first kappa shape index (κ1) is 13.7. The van der Waals surface area contributed by atoms with Crippen LogP contribution in [0.25, 0.3) is 0 Å². The van der Waals surface area contributed by atoms with Crippen molar-refractivity contribution >= 4 is 17.3 Å². The number of nitrogens with zero attached hydrogens (tertiary/aromatic N) is 1. The van der Waals surface area contributed by atoms with Crippen LogP contribution in [0.5, 0.6) is 0 Å². The van der Waals surface area contributed by atoms with Gasteiger partial charge in [-0.3, -0.25) is 0 Å². The van der Waals surface area contributed by atoms with Crippen LogP contribution in [0, 0.1) is 11.8 Å². The van der Waals surface area contributed by atoms with Crippen molar-refractivity contribution in [1.29, 1.82) is 0 Å². The van der Waals surface area contributed by atoms with E-state index in [1.54, 1.807) is 0 Å². The van der Waals surface area contributed by atoms with Gasteiger partial charge in [0.15, 0.2) is 0 Å². The first-order valence-electron chi connectivity index (χ1n) is 6.86. The number of halogens is 1. The van der Waals surface area contributed by atoms with Crippen molar-refractivity contribution in [3.8, 4) is 0 Å². The van der Waals surface area contributed by atoms with Crippen LogP contribution in [-0.2, 0) is 6.42 Å². The van der Waals surface area contributed by atoms with Crippen LogP contribution in [0.2, 0.25) is 5.02 Å². The van der Waals surface area contributed by atoms with Gasteiger partial charge in [-0.1, -0.05) is 31.5 Å². The van der Waals surface area contributed by atoms with E-state index in [1.165, 1.54) is 17.7 Å². The fourth-order valence-electron chi connectivity index (χ4n) is 2.72. The summed E-state index contributed by atoms with van der Waals surface area (Å²) in [6.07, 6.45) is 2.12. The zero-order valence-electron chi connectivity index (χ0n) is 11.3. The van der Waals surface area contributed by atoms with Gasteiger partial charge in [-0.25, -0.2) is 0 Å². The molecule has 2 nitrogen and oxygen atoms in total. The number of hydrogen-bond donors (Lipinski definition) is 1. The zero-order valence-corrected chi connectivity index (χ0v) is 12.1. The summed E-state index contributed by atoms with van der Waals surface area (Å²) in [5, 5.41) is 0.851. The van der Waals surface area contributed by atoms with Crippen LogP contribution >= 0.6 is 11.6 Å². The van der Waals surface area contributed by atoms with Gasteiger partial charge in [-0.2, -0.15) is 0 Å². The average Bonchev–Trinajstić information content (AvgIpc) is 2.35. The molecule has 2 rings (SSSR count). The molecule has 3 heteroatoms. The highest BCUT2D eigenvalue weighted by Gasteiger charge is 2.24. The molecule has 1 aliphatic heterocycles. The highest BCUT2D eigenvalue weighted by atomic mass is 35.5. The van der Waals surface area contributed by atoms with Gasteiger partial charge in [0.25, 0.3) is 0 Å². The quantitative estimate of drug-likeness (QED) is 0.909. The monoisotopic (exact) mass is 266 g/mol. The van der Waals surface area contributed by atoms with Crippen LogP contribution in [0.15, 0.2) is 18.2 Å². The summed E-state index contributed by atoms with van der Waals surface area (Å²) in [6.45, 7) is 7.59. The number of benzene rings is 1. The summed E-state index contributed by atoms with van der Waals surface area (Å²) in [7, 11) is 0. The minimum atomic E-state index is 0.649. The standard InChI is InChI=1S/C15H23ClN2/c1-11-7-9-18(10-12(11)2)15-5-3-4-14(16)13(15)6-8-17/h3-5,11-12H,6-10,17H2,1-2H3. The molecule has 2 N–H and O–H groups in total. The number of hydrogen-bond acceptors (Lipinski definition) is 2. The highest BCUT2D eigenvalue weighted by molar-refractivity contribution is 6.31. The predicted octanol–water partition coefficient (Wildman–Crippen LogP) is 3.32. The van der Waals surface area contributed by atoms with Crippen LogP contribution in [0.4, 0.5) is 5.69 Å². The van der Waals surface area contributed by atoms with Gasteiger partial charge < -0.3 is 10.6 Å². The maximum absolute atomic E-state index is 6.31. The number of rotatable bonds is 3. The van der Waals surface area contributed by atoms with Crippen LogP contribution in [-0.4, -0.2) is 19.6 Å². The van der Waals surface area contributed by atoms with E-state index in [9.17, 15) is 0 Å². The molecule has 0 amide bonds. The smallest absolute Gasteiger partial charge is 0.0459 e. The predicted molar refractivity (Wildman–Crippen MR) is 79.4 cm³/mol. The Morgan fingerprint density at radius 2 is 2.11 bits per heavy atom. The Morgan fingerprint density at radius 3 is 2.78 bits per heavy atom. The maximum Gasteiger partial charge on any atom is 0.0459 e. The van der Waals surface area contributed by atoms with E-state index in [4.69, 9.17) is 17.3 Å². The minimum Gasteiger partial charge on any atom is -0.371 e. The van der Waals surface area contributed by atoms with E-state index in [0.29, 0.717) is 6.54 Å². The van der Waals surface area contributed by atoms with E-state index in [-0.39, 0.29) is 0 Å². The molecule has 0 radical (unpaired) electrons. The van der Waals surface area contributed by atoms with Crippen molar-refractivity contribution in [2.24, 2.45) is 17.6 Å². The van der Waals surface area contributed by atoms with Crippen LogP contribution in [0.3, 0.4) is 0 Å². The molecule has 18 heavy (non-hydrogen) atoms. The van der Waals surface area contributed by atoms with Crippen LogP contribution < -0.4 is 10.6 Å². The Labute approximate surface area is 115 Å². The lowest BCUT2D eigenvalue weighted by Gasteiger charge is -2.38. The minimum absolute atomic E-state index is 0.649. The van der Waals surface area contributed by atoms with Gasteiger partial charge in [0.2, 0.25) is 0 Å². The summed E-state index contributed by atoms with van der Waals surface area (Å²) in [5.41, 5.74) is 8.20. The molecule has 0 aromatic heterocycles. The topological polar surface area (TPSA) is 29.3 Å². The van der Waals surface area contributed by atoms with Gasteiger partial charge in [0.1, 0.15) is 0 Å². The largest absolute Gasteiger partial charge is 0.371 e. The van der Waals surface area contributed by atoms with E-state index >= 15 is 0 Å². The first-order chi connectivity index (χ1) is 8.63. The molecule has 1 heterocycles. The lowest BCUT2D eigenvalue weighted by atomic mass is 9.88. The fourth-order valence-corrected chi connectivity index (χ4v) is 2.98. The lowest BCUT2D eigenvalue weighted by Crippen LogP contribution is -2.39. The Hall–Kier alpha value is -0.730. The molecule has 100 valence electrons. The Kier molecular flexibility index (Phi) is 4.52. The molecule has 0 spiro atoms. The second kappa shape index (κ2) is 5.94. The first-order valence-corrected chi connectivity index (χ1v) is 7.23. The van der Waals surface area contributed by atoms with Gasteiger partial charge in [0.05, 0.1) is 0 Å². The lowest BCUT2D eigenvalue weighted by molar-refractivity contribution is 0.323. The van der Waals surface area contributed by atoms with E-state index in [0.717, 1.165) is 36.4 Å². The Balaban J connectivity index is 2.25. The van der Waals surface area contributed by atoms with Gasteiger partial charge in [-0.15, -0.1) is 0 Å². The van der Waals surface area contributed by atoms with E-state index in [1.807, 2.05) is 12.1 Å². The summed E-state index contributed by atoms with van der Waals surface area (Å²) >= 11 is 6.31. The second-order valence-electron chi connectivity index (χ2n) is 5.47. The Bertz CT molecular complexity index is 405. The summed E-state index contributed by atoms with van der Waals surface area (Å²) < 4.78 is 0. The molecule has 1 aromatic rings. The van der Waals surface area contributed by atoms with Crippen molar-refractivity contribution < 1.29 is 0 Å². The second-order valence-corrected chi connectivity index (χ2v) is 5.87. The molecule has 2 atom stereocenters. The van der Waals surface area contributed by atoms with E-state index < -0.39 is 0 Å². The molecule has 0 saturated carbocycles. The molecule has 1 aromatic carbocycles. The summed E-state index contributed by atoms with van der Waals surface area (Å²) in [4.78, 5) is 2.47. The molecule has 0 aliphatic carbocycles. The molecular formula is C15H23ClN2. The van der Waals surface area contributed by atoms with Crippen molar-refractivity contribution in [3.63, 3.8) is 0 Å². The normalized spacial score (nSPS) is 24.3. The van der Waals surface area contributed by atoms with Crippen molar-refractivity contribution in [3.05, 3.63) is 28.8 Å². The maximum atomic E-state index is 6.31. The van der Waals surface area contributed by atoms with E-state index in [2.05, 4.69) is 24.8 Å². The van der Waals surface area contributed by atoms with Crippen molar-refractivity contribution in [2.75, 3.05) is 24.5 Å². The number of nitrogens with two attached hydrogens (primary N) is 1. The molecule has 1 saturated heterocycles. The fraction of sp³-hybridized carbons (Fsp3) is 0.600. The van der Waals surface area contributed by atoms with Crippen molar-refractivity contribution in [2.45, 2.75) is 26.7 Å². The van der Waals surface area contributed by atoms with Crippen molar-refractivity contribution in [1.82, 2.24) is 0 Å². The molecule has 1 aliphatic rings. The number of anilines is 1. The molecule has 1 fully saturated rings. The Morgan fingerprint density at radius 1 is 1.33 bits per heavy atom. The average molecular weight is 267 g/mol. The van der Waals surface area contributed by atoms with Gasteiger partial charge in [-0.05, 0) is 48.9 Å². The molecule has 2 unspecified atom stereocenters. The third-order valence-electron chi connectivity index (χ3n) is 4.16. The molecular weight excluding hydrogens is 244 g/mol. The van der Waals surface area contributed by atoms with Gasteiger partial charge >= 0.3 is 0 Å². The zero-order chi connectivity index (χ0) is 13.1. The summed E-state index contributed by atoms with van der Waals surface area (Å²) in [6, 6.07) is 6.19. The van der Waals surface area contributed by atoms with Crippen LogP contribution in [0.1, 0.15) is 25.8 Å². The SMILES string of the molecule is CC1CCN(c2cccc(Cl)c2CCN)CC1C. The third kappa shape index (κ3) is 2.81. The highest BCUT2D eigenvalue weighted by Crippen LogP contribution is 2.32. The van der Waals surface area contributed by atoms with Gasteiger partial charge in [0, 0.05) is 23.8 Å². The third-order valence-corrected chi connectivity index (χ3v) is 4.52. The summed E-state index contributed by atoms with van der Waals surface area (Å²) in [5.74, 6) is 1.56. The number of piperidine rings is 1.